The number of anilines is 1. The fourth-order valence-corrected chi connectivity index (χ4v) is 2.35. The van der Waals surface area contributed by atoms with E-state index in [-0.39, 0.29) is 11.6 Å². The maximum absolute atomic E-state index is 13.6. The van der Waals surface area contributed by atoms with Gasteiger partial charge in [-0.3, -0.25) is 0 Å². The Bertz CT molecular complexity index is 493. The standard InChI is InChI=1S/C13H15F2NO3/c14-11-8(13(18)19)4-5-9(12(11)15)16-6-7-2-1-3-10(7)17/h4-5,7,10,16-17H,1-3,6H2,(H,18,19). The first kappa shape index (κ1) is 13.7. The molecule has 1 aliphatic rings. The maximum atomic E-state index is 13.6. The molecule has 0 aliphatic heterocycles. The third-order valence-electron chi connectivity index (χ3n) is 3.49. The van der Waals surface area contributed by atoms with Crippen molar-refractivity contribution >= 4 is 11.7 Å². The van der Waals surface area contributed by atoms with Gasteiger partial charge in [0.15, 0.2) is 11.6 Å². The van der Waals surface area contributed by atoms with Crippen LogP contribution in [0.1, 0.15) is 29.6 Å². The van der Waals surface area contributed by atoms with Crippen molar-refractivity contribution in [3.63, 3.8) is 0 Å². The summed E-state index contributed by atoms with van der Waals surface area (Å²) in [6, 6.07) is 2.22. The highest BCUT2D eigenvalue weighted by Crippen LogP contribution is 2.27. The first-order valence-electron chi connectivity index (χ1n) is 6.14. The molecule has 1 aromatic carbocycles. The highest BCUT2D eigenvalue weighted by Gasteiger charge is 2.25. The molecule has 2 atom stereocenters. The summed E-state index contributed by atoms with van der Waals surface area (Å²) >= 11 is 0. The van der Waals surface area contributed by atoms with Gasteiger partial charge >= 0.3 is 5.97 Å². The quantitative estimate of drug-likeness (QED) is 0.785. The van der Waals surface area contributed by atoms with Gasteiger partial charge in [0.05, 0.1) is 17.4 Å². The largest absolute Gasteiger partial charge is 0.478 e. The SMILES string of the molecule is O=C(O)c1ccc(NCC2CCCC2O)c(F)c1F. The molecule has 0 heterocycles. The van der Waals surface area contributed by atoms with Gasteiger partial charge in [-0.2, -0.15) is 0 Å². The predicted molar refractivity (Wildman–Crippen MR) is 65.2 cm³/mol. The van der Waals surface area contributed by atoms with Crippen molar-refractivity contribution in [1.29, 1.82) is 0 Å². The number of carboxylic acids is 1. The molecule has 4 nitrogen and oxygen atoms in total. The van der Waals surface area contributed by atoms with Crippen LogP contribution in [0.3, 0.4) is 0 Å². The maximum Gasteiger partial charge on any atom is 0.338 e. The van der Waals surface area contributed by atoms with Crippen molar-refractivity contribution < 1.29 is 23.8 Å². The molecule has 1 fully saturated rings. The van der Waals surface area contributed by atoms with Crippen molar-refractivity contribution in [2.45, 2.75) is 25.4 Å². The van der Waals surface area contributed by atoms with Crippen molar-refractivity contribution in [2.24, 2.45) is 5.92 Å². The van der Waals surface area contributed by atoms with Gasteiger partial charge in [-0.05, 0) is 25.0 Å². The van der Waals surface area contributed by atoms with E-state index < -0.39 is 29.3 Å². The van der Waals surface area contributed by atoms with Crippen LogP contribution in [-0.4, -0.2) is 28.8 Å². The highest BCUT2D eigenvalue weighted by molar-refractivity contribution is 5.88. The summed E-state index contributed by atoms with van der Waals surface area (Å²) in [6.45, 7) is 0.337. The number of benzene rings is 1. The van der Waals surface area contributed by atoms with Crippen molar-refractivity contribution in [1.82, 2.24) is 0 Å². The fraction of sp³-hybridized carbons (Fsp3) is 0.462. The van der Waals surface area contributed by atoms with E-state index in [0.29, 0.717) is 6.54 Å². The summed E-state index contributed by atoms with van der Waals surface area (Å²) in [7, 11) is 0. The van der Waals surface area contributed by atoms with Gasteiger partial charge in [0.2, 0.25) is 0 Å². The van der Waals surface area contributed by atoms with Crippen LogP contribution in [0.4, 0.5) is 14.5 Å². The third-order valence-corrected chi connectivity index (χ3v) is 3.49. The lowest BCUT2D eigenvalue weighted by Crippen LogP contribution is -2.22. The van der Waals surface area contributed by atoms with Crippen LogP contribution in [0.5, 0.6) is 0 Å². The second-order valence-corrected chi connectivity index (χ2v) is 4.73. The first-order valence-corrected chi connectivity index (χ1v) is 6.14. The molecule has 0 aromatic heterocycles. The van der Waals surface area contributed by atoms with Crippen molar-refractivity contribution in [3.8, 4) is 0 Å². The van der Waals surface area contributed by atoms with Crippen LogP contribution in [0.2, 0.25) is 0 Å². The molecule has 19 heavy (non-hydrogen) atoms. The summed E-state index contributed by atoms with van der Waals surface area (Å²) in [4.78, 5) is 10.6. The molecule has 2 rings (SSSR count). The number of carboxylic acid groups (broad SMARTS) is 1. The third kappa shape index (κ3) is 2.84. The van der Waals surface area contributed by atoms with E-state index in [1.165, 1.54) is 6.07 Å². The number of aliphatic hydroxyl groups is 1. The lowest BCUT2D eigenvalue weighted by Gasteiger charge is -2.16. The van der Waals surface area contributed by atoms with Crippen LogP contribution in [-0.2, 0) is 0 Å². The molecule has 1 saturated carbocycles. The van der Waals surface area contributed by atoms with Crippen LogP contribution in [0.25, 0.3) is 0 Å². The van der Waals surface area contributed by atoms with E-state index in [1.54, 1.807) is 0 Å². The van der Waals surface area contributed by atoms with Gasteiger partial charge in [-0.1, -0.05) is 6.42 Å². The van der Waals surface area contributed by atoms with Gasteiger partial charge in [-0.15, -0.1) is 0 Å². The Hall–Kier alpha value is -1.69. The van der Waals surface area contributed by atoms with E-state index in [4.69, 9.17) is 5.11 Å². The van der Waals surface area contributed by atoms with E-state index in [2.05, 4.69) is 5.32 Å². The Labute approximate surface area is 109 Å². The Morgan fingerprint density at radius 2 is 2.05 bits per heavy atom. The normalized spacial score (nSPS) is 22.5. The smallest absolute Gasteiger partial charge is 0.338 e. The Balaban J connectivity index is 2.09. The van der Waals surface area contributed by atoms with E-state index in [0.717, 1.165) is 25.3 Å². The molecule has 0 spiro atoms. The van der Waals surface area contributed by atoms with Crippen LogP contribution >= 0.6 is 0 Å². The van der Waals surface area contributed by atoms with Gasteiger partial charge in [0, 0.05) is 12.5 Å². The molecule has 0 radical (unpaired) electrons. The number of nitrogens with one attached hydrogen (secondary N) is 1. The molecule has 1 aromatic rings. The van der Waals surface area contributed by atoms with E-state index in [1.807, 2.05) is 0 Å². The molecule has 2 unspecified atom stereocenters. The van der Waals surface area contributed by atoms with Gasteiger partial charge in [0.1, 0.15) is 0 Å². The zero-order valence-corrected chi connectivity index (χ0v) is 10.2. The minimum atomic E-state index is -1.51. The molecule has 3 N–H and O–H groups in total. The molecular formula is C13H15F2NO3. The monoisotopic (exact) mass is 271 g/mol. The van der Waals surface area contributed by atoms with Gasteiger partial charge in [-0.25, -0.2) is 13.6 Å². The zero-order valence-electron chi connectivity index (χ0n) is 10.2. The molecule has 0 bridgehead atoms. The lowest BCUT2D eigenvalue weighted by molar-refractivity contribution is 0.0690. The van der Waals surface area contributed by atoms with Crippen LogP contribution < -0.4 is 5.32 Å². The second-order valence-electron chi connectivity index (χ2n) is 4.73. The average molecular weight is 271 g/mol. The van der Waals surface area contributed by atoms with Crippen molar-refractivity contribution in [3.05, 3.63) is 29.3 Å². The Kier molecular flexibility index (Phi) is 3.99. The van der Waals surface area contributed by atoms with Gasteiger partial charge < -0.3 is 15.5 Å². The molecule has 6 heteroatoms. The number of aliphatic hydroxyl groups excluding tert-OH is 1. The molecule has 104 valence electrons. The van der Waals surface area contributed by atoms with Crippen molar-refractivity contribution in [2.75, 3.05) is 11.9 Å². The molecule has 0 saturated heterocycles. The summed E-state index contributed by atoms with van der Waals surface area (Å²) < 4.78 is 27.1. The molecule has 0 amide bonds. The van der Waals surface area contributed by atoms with E-state index >= 15 is 0 Å². The minimum Gasteiger partial charge on any atom is -0.478 e. The highest BCUT2D eigenvalue weighted by atomic mass is 19.2. The van der Waals surface area contributed by atoms with Crippen LogP contribution in [0.15, 0.2) is 12.1 Å². The molecular weight excluding hydrogens is 256 g/mol. The number of halogens is 2. The number of hydrogen-bond donors (Lipinski definition) is 3. The second kappa shape index (κ2) is 5.52. The average Bonchev–Trinajstić information content (AvgIpc) is 2.76. The Morgan fingerprint density at radius 3 is 2.63 bits per heavy atom. The number of hydrogen-bond acceptors (Lipinski definition) is 3. The fourth-order valence-electron chi connectivity index (χ4n) is 2.35. The Morgan fingerprint density at radius 1 is 1.32 bits per heavy atom. The number of carbonyl (C=O) groups is 1. The number of rotatable bonds is 4. The number of aromatic carboxylic acids is 1. The first-order chi connectivity index (χ1) is 9.00. The van der Waals surface area contributed by atoms with E-state index in [9.17, 15) is 18.7 Å². The lowest BCUT2D eigenvalue weighted by atomic mass is 10.1. The summed E-state index contributed by atoms with van der Waals surface area (Å²) in [5.74, 6) is -4.06. The summed E-state index contributed by atoms with van der Waals surface area (Å²) in [5.41, 5.74) is -0.773. The zero-order chi connectivity index (χ0) is 14.0. The minimum absolute atomic E-state index is 0.0154. The molecule has 1 aliphatic carbocycles. The topological polar surface area (TPSA) is 69.6 Å². The predicted octanol–water partition coefficient (Wildman–Crippen LogP) is 2.24. The van der Waals surface area contributed by atoms with Gasteiger partial charge in [0.25, 0.3) is 0 Å². The summed E-state index contributed by atoms with van der Waals surface area (Å²) in [5, 5.41) is 21.0. The summed E-state index contributed by atoms with van der Waals surface area (Å²) in [6.07, 6.45) is 2.06. The van der Waals surface area contributed by atoms with Crippen LogP contribution in [0, 0.1) is 17.6 Å².